The molecule has 1 aliphatic heterocycles. The number of aromatic nitrogens is 4. The molecule has 0 saturated carbocycles. The minimum Gasteiger partial charge on any atom is -0.460 e. The zero-order valence-electron chi connectivity index (χ0n) is 14.6. The molecule has 0 aromatic carbocycles. The van der Waals surface area contributed by atoms with E-state index in [2.05, 4.69) is 15.1 Å². The summed E-state index contributed by atoms with van der Waals surface area (Å²) in [7, 11) is 0. The number of ether oxygens (including phenoxy) is 2. The van der Waals surface area contributed by atoms with Crippen LogP contribution in [0.3, 0.4) is 0 Å². The Kier molecular flexibility index (Phi) is 4.94. The summed E-state index contributed by atoms with van der Waals surface area (Å²) in [4.78, 5) is 32.4. The summed E-state index contributed by atoms with van der Waals surface area (Å²) in [6, 6.07) is 0. The van der Waals surface area contributed by atoms with Gasteiger partial charge in [-0.3, -0.25) is 4.79 Å². The van der Waals surface area contributed by atoms with Crippen molar-refractivity contribution in [3.05, 3.63) is 17.0 Å². The van der Waals surface area contributed by atoms with Crippen molar-refractivity contribution in [3.8, 4) is 0 Å². The molecule has 0 amide bonds. The average molecular weight is 364 g/mol. The molecule has 25 heavy (non-hydrogen) atoms. The molecule has 2 atom stereocenters. The summed E-state index contributed by atoms with van der Waals surface area (Å²) in [5.41, 5.74) is 2.65. The van der Waals surface area contributed by atoms with Crippen LogP contribution in [0.1, 0.15) is 36.7 Å². The number of fused-ring (bicyclic) bond motifs is 1. The van der Waals surface area contributed by atoms with Crippen LogP contribution >= 0.6 is 11.8 Å². The number of hydrogen-bond donors (Lipinski definition) is 0. The highest BCUT2D eigenvalue weighted by Crippen LogP contribution is 2.20. The molecule has 2 aromatic rings. The molecule has 9 heteroatoms. The molecule has 0 radical (unpaired) electrons. The Hall–Kier alpha value is -2.16. The molecule has 3 rings (SSSR count). The molecule has 2 aromatic heterocycles. The van der Waals surface area contributed by atoms with E-state index in [0.29, 0.717) is 23.8 Å². The van der Waals surface area contributed by atoms with Crippen LogP contribution in [-0.4, -0.2) is 50.0 Å². The Labute approximate surface area is 149 Å². The minimum absolute atomic E-state index is 0.164. The van der Waals surface area contributed by atoms with E-state index in [9.17, 15) is 9.59 Å². The zero-order valence-corrected chi connectivity index (χ0v) is 15.4. The summed E-state index contributed by atoms with van der Waals surface area (Å²) in [5.74, 6) is -0.338. The number of carbonyl (C=O) groups excluding carboxylic acids is 2. The first kappa shape index (κ1) is 17.7. The first-order valence-corrected chi connectivity index (χ1v) is 9.28. The Morgan fingerprint density at radius 2 is 2.16 bits per heavy atom. The third-order valence-corrected chi connectivity index (χ3v) is 4.73. The molecule has 0 bridgehead atoms. The molecule has 0 spiro atoms. The van der Waals surface area contributed by atoms with E-state index in [-0.39, 0.29) is 12.5 Å². The molecule has 8 nitrogen and oxygen atoms in total. The molecule has 1 fully saturated rings. The topological polar surface area (TPSA) is 95.7 Å². The average Bonchev–Trinajstić information content (AvgIpc) is 3.10. The fraction of sp³-hybridized carbons (Fsp3) is 0.562. The van der Waals surface area contributed by atoms with E-state index in [1.54, 1.807) is 11.4 Å². The highest BCUT2D eigenvalue weighted by molar-refractivity contribution is 7.98. The van der Waals surface area contributed by atoms with Crippen molar-refractivity contribution in [2.45, 2.75) is 57.4 Å². The molecule has 0 unspecified atom stereocenters. The molecule has 134 valence electrons. The number of thioether (sulfide) groups is 1. The van der Waals surface area contributed by atoms with Gasteiger partial charge in [0, 0.05) is 24.2 Å². The predicted molar refractivity (Wildman–Crippen MR) is 90.4 cm³/mol. The van der Waals surface area contributed by atoms with Crippen molar-refractivity contribution in [1.82, 2.24) is 19.6 Å². The van der Waals surface area contributed by atoms with E-state index in [1.165, 1.54) is 11.8 Å². The van der Waals surface area contributed by atoms with Gasteiger partial charge in [-0.05, 0) is 39.0 Å². The van der Waals surface area contributed by atoms with Gasteiger partial charge in [0.05, 0.1) is 0 Å². The van der Waals surface area contributed by atoms with Gasteiger partial charge >= 0.3 is 11.9 Å². The van der Waals surface area contributed by atoms with Gasteiger partial charge in [-0.2, -0.15) is 4.98 Å². The Morgan fingerprint density at radius 1 is 1.40 bits per heavy atom. The molecular formula is C16H20N4O4S. The van der Waals surface area contributed by atoms with Crippen molar-refractivity contribution in [2.75, 3.05) is 6.26 Å². The van der Waals surface area contributed by atoms with Crippen LogP contribution in [0.5, 0.6) is 0 Å². The van der Waals surface area contributed by atoms with Crippen LogP contribution < -0.4 is 0 Å². The van der Waals surface area contributed by atoms with Gasteiger partial charge in [0.2, 0.25) is 11.3 Å². The lowest BCUT2D eigenvalue weighted by Gasteiger charge is -2.11. The van der Waals surface area contributed by atoms with E-state index >= 15 is 0 Å². The molecule has 0 N–H and O–H groups in total. The van der Waals surface area contributed by atoms with Gasteiger partial charge in [-0.15, -0.1) is 5.10 Å². The van der Waals surface area contributed by atoms with E-state index in [4.69, 9.17) is 9.47 Å². The quantitative estimate of drug-likeness (QED) is 0.584. The van der Waals surface area contributed by atoms with Crippen molar-refractivity contribution < 1.29 is 19.1 Å². The summed E-state index contributed by atoms with van der Waals surface area (Å²) >= 11 is 1.45. The first-order chi connectivity index (χ1) is 11.9. The maximum absolute atomic E-state index is 12.1. The van der Waals surface area contributed by atoms with Gasteiger partial charge in [0.25, 0.3) is 5.78 Å². The highest BCUT2D eigenvalue weighted by atomic mass is 32.2. The van der Waals surface area contributed by atoms with Gasteiger partial charge in [-0.1, -0.05) is 11.8 Å². The zero-order chi connectivity index (χ0) is 18.1. The van der Waals surface area contributed by atoms with Gasteiger partial charge < -0.3 is 9.47 Å². The van der Waals surface area contributed by atoms with Crippen LogP contribution in [0.15, 0.2) is 5.16 Å². The Morgan fingerprint density at radius 3 is 2.80 bits per heavy atom. The summed E-state index contributed by atoms with van der Waals surface area (Å²) in [6.45, 7) is 5.59. The monoisotopic (exact) mass is 364 g/mol. The summed E-state index contributed by atoms with van der Waals surface area (Å²) in [5, 5.41) is 5.04. The molecule has 3 heterocycles. The lowest BCUT2D eigenvalue weighted by molar-refractivity contribution is -0.160. The maximum Gasteiger partial charge on any atom is 0.347 e. The van der Waals surface area contributed by atoms with E-state index < -0.39 is 18.0 Å². The molecule has 1 aliphatic rings. The minimum atomic E-state index is -0.787. The molecule has 0 aliphatic carbocycles. The summed E-state index contributed by atoms with van der Waals surface area (Å²) in [6.07, 6.45) is 1.95. The SMILES string of the molecule is CSc1nc2nc(C)c(CCC(=O)O[C@H]3C[C@@H](C)OC3=O)c(C)n2n1. The van der Waals surface area contributed by atoms with Gasteiger partial charge in [0.1, 0.15) is 6.10 Å². The van der Waals surface area contributed by atoms with Crippen LogP contribution in [-0.2, 0) is 25.5 Å². The predicted octanol–water partition coefficient (Wildman–Crippen LogP) is 1.64. The van der Waals surface area contributed by atoms with Gasteiger partial charge in [-0.25, -0.2) is 14.3 Å². The summed E-state index contributed by atoms with van der Waals surface area (Å²) < 4.78 is 11.9. The van der Waals surface area contributed by atoms with Crippen LogP contribution in [0.4, 0.5) is 0 Å². The standard InChI is InChI=1S/C16H20N4O4S/c1-8-7-12(14(22)23-8)24-13(21)6-5-11-9(2)17-15-18-16(25-4)19-20(15)10(11)3/h8,12H,5-7H2,1-4H3/t8-,12+/m1/s1. The maximum atomic E-state index is 12.1. The second-order valence-corrected chi connectivity index (χ2v) is 6.81. The number of aryl methyl sites for hydroxylation is 2. The van der Waals surface area contributed by atoms with Crippen molar-refractivity contribution in [1.29, 1.82) is 0 Å². The van der Waals surface area contributed by atoms with Crippen LogP contribution in [0, 0.1) is 13.8 Å². The van der Waals surface area contributed by atoms with E-state index in [1.807, 2.05) is 20.1 Å². The lowest BCUT2D eigenvalue weighted by atomic mass is 10.1. The second kappa shape index (κ2) is 6.99. The third-order valence-electron chi connectivity index (χ3n) is 4.19. The molecular weight excluding hydrogens is 344 g/mol. The second-order valence-electron chi connectivity index (χ2n) is 6.03. The Balaban J connectivity index is 1.70. The largest absolute Gasteiger partial charge is 0.460 e. The number of hydrogen-bond acceptors (Lipinski definition) is 8. The van der Waals surface area contributed by atoms with Crippen molar-refractivity contribution in [3.63, 3.8) is 0 Å². The number of cyclic esters (lactones) is 1. The van der Waals surface area contributed by atoms with Crippen molar-refractivity contribution >= 4 is 29.5 Å². The number of esters is 2. The normalized spacial score (nSPS) is 20.1. The number of rotatable bonds is 5. The molecule has 1 saturated heterocycles. The fourth-order valence-electron chi connectivity index (χ4n) is 2.90. The fourth-order valence-corrected chi connectivity index (χ4v) is 3.24. The number of nitrogens with zero attached hydrogens (tertiary/aromatic N) is 4. The third kappa shape index (κ3) is 3.60. The Bertz CT molecular complexity index is 835. The smallest absolute Gasteiger partial charge is 0.347 e. The van der Waals surface area contributed by atoms with Crippen LogP contribution in [0.25, 0.3) is 5.78 Å². The van der Waals surface area contributed by atoms with Crippen LogP contribution in [0.2, 0.25) is 0 Å². The number of carbonyl (C=O) groups is 2. The van der Waals surface area contributed by atoms with E-state index in [0.717, 1.165) is 17.0 Å². The lowest BCUT2D eigenvalue weighted by Crippen LogP contribution is -2.23. The van der Waals surface area contributed by atoms with Gasteiger partial charge in [0.15, 0.2) is 0 Å². The highest BCUT2D eigenvalue weighted by Gasteiger charge is 2.34. The van der Waals surface area contributed by atoms with Crippen molar-refractivity contribution in [2.24, 2.45) is 0 Å². The first-order valence-electron chi connectivity index (χ1n) is 8.06.